The number of carbonyl (C=O) groups excluding carboxylic acids is 2. The molecule has 0 atom stereocenters. The van der Waals surface area contributed by atoms with E-state index in [1.54, 1.807) is 5.51 Å². The zero-order chi connectivity index (χ0) is 12.0. The van der Waals surface area contributed by atoms with E-state index in [0.717, 1.165) is 12.1 Å². The summed E-state index contributed by atoms with van der Waals surface area (Å²) in [6.45, 7) is 4.28. The lowest BCUT2D eigenvalue weighted by atomic mass is 10.3. The van der Waals surface area contributed by atoms with Gasteiger partial charge < -0.3 is 10.6 Å². The van der Waals surface area contributed by atoms with Crippen LogP contribution in [0, 0.1) is 0 Å². The second-order valence-corrected chi connectivity index (χ2v) is 4.08. The molecule has 1 aromatic rings. The summed E-state index contributed by atoms with van der Waals surface area (Å²) >= 11 is 1.34. The molecule has 0 aliphatic carbocycles. The van der Waals surface area contributed by atoms with Crippen LogP contribution in [0.25, 0.3) is 0 Å². The average Bonchev–Trinajstić information content (AvgIpc) is 2.71. The van der Waals surface area contributed by atoms with Crippen molar-refractivity contribution in [2.75, 3.05) is 13.1 Å². The summed E-state index contributed by atoms with van der Waals surface area (Å²) in [6.07, 6.45) is 0.748. The largest absolute Gasteiger partial charge is 0.355 e. The van der Waals surface area contributed by atoms with E-state index in [1.807, 2.05) is 6.92 Å². The van der Waals surface area contributed by atoms with Crippen LogP contribution in [0.2, 0.25) is 0 Å². The zero-order valence-electron chi connectivity index (χ0n) is 9.37. The predicted octanol–water partition coefficient (Wildman–Crippen LogP) is 0.571. The first kappa shape index (κ1) is 12.6. The highest BCUT2D eigenvalue weighted by molar-refractivity contribution is 7.11. The Balaban J connectivity index is 2.38. The molecule has 2 amide bonds. The number of aromatic nitrogens is 1. The third-order valence-corrected chi connectivity index (χ3v) is 2.83. The molecule has 0 saturated heterocycles. The Morgan fingerprint density at radius 3 is 2.69 bits per heavy atom. The van der Waals surface area contributed by atoms with E-state index < -0.39 is 0 Å². The van der Waals surface area contributed by atoms with Crippen molar-refractivity contribution in [3.8, 4) is 0 Å². The molecule has 0 saturated carbocycles. The number of rotatable bonds is 5. The van der Waals surface area contributed by atoms with Crippen LogP contribution in [0.5, 0.6) is 0 Å². The summed E-state index contributed by atoms with van der Waals surface area (Å²) in [5.74, 6) is -0.217. The van der Waals surface area contributed by atoms with E-state index in [0.29, 0.717) is 18.0 Å². The van der Waals surface area contributed by atoms with Gasteiger partial charge in [-0.05, 0) is 6.42 Å². The fraction of sp³-hybridized carbons (Fsp3) is 0.500. The molecule has 0 radical (unpaired) electrons. The van der Waals surface area contributed by atoms with Crippen LogP contribution in [-0.4, -0.2) is 29.9 Å². The van der Waals surface area contributed by atoms with Crippen molar-refractivity contribution in [3.05, 3.63) is 16.1 Å². The minimum Gasteiger partial charge on any atom is -0.355 e. The topological polar surface area (TPSA) is 71.1 Å². The first-order chi connectivity index (χ1) is 7.65. The number of aryl methyl sites for hydroxylation is 1. The Kier molecular flexibility index (Phi) is 4.91. The highest BCUT2D eigenvalue weighted by Crippen LogP contribution is 2.13. The Labute approximate surface area is 98.3 Å². The molecule has 1 heterocycles. The summed E-state index contributed by atoms with van der Waals surface area (Å²) in [5, 5.41) is 5.34. The summed E-state index contributed by atoms with van der Waals surface area (Å²) in [7, 11) is 0. The van der Waals surface area contributed by atoms with Crippen molar-refractivity contribution in [3.63, 3.8) is 0 Å². The molecule has 0 aliphatic rings. The molecule has 1 aromatic heterocycles. The minimum absolute atomic E-state index is 0.0960. The van der Waals surface area contributed by atoms with Gasteiger partial charge in [0.1, 0.15) is 4.88 Å². The number of hydrogen-bond donors (Lipinski definition) is 2. The van der Waals surface area contributed by atoms with Gasteiger partial charge in [-0.25, -0.2) is 4.98 Å². The first-order valence-corrected chi connectivity index (χ1v) is 5.98. The van der Waals surface area contributed by atoms with Gasteiger partial charge in [-0.15, -0.1) is 11.3 Å². The molecule has 2 N–H and O–H groups in total. The van der Waals surface area contributed by atoms with E-state index in [9.17, 15) is 9.59 Å². The SMILES string of the molecule is CCc1ncsc1C(=O)NCCNC(C)=O. The van der Waals surface area contributed by atoms with Gasteiger partial charge in [0.2, 0.25) is 5.91 Å². The molecule has 1 rings (SSSR count). The fourth-order valence-corrected chi connectivity index (χ4v) is 2.00. The lowest BCUT2D eigenvalue weighted by Gasteiger charge is -2.04. The third kappa shape index (κ3) is 3.62. The average molecular weight is 241 g/mol. The smallest absolute Gasteiger partial charge is 0.263 e. The van der Waals surface area contributed by atoms with Crippen molar-refractivity contribution in [2.24, 2.45) is 0 Å². The molecular formula is C10H15N3O2S. The van der Waals surface area contributed by atoms with Crippen LogP contribution in [-0.2, 0) is 11.2 Å². The molecular weight excluding hydrogens is 226 g/mol. The standard InChI is InChI=1S/C10H15N3O2S/c1-3-8-9(16-6-13-8)10(15)12-5-4-11-7(2)14/h6H,3-5H2,1-2H3,(H,11,14)(H,12,15). The second-order valence-electron chi connectivity index (χ2n) is 3.22. The number of amides is 2. The number of carbonyl (C=O) groups is 2. The van der Waals surface area contributed by atoms with Crippen LogP contribution < -0.4 is 10.6 Å². The highest BCUT2D eigenvalue weighted by atomic mass is 32.1. The van der Waals surface area contributed by atoms with E-state index in [1.165, 1.54) is 18.3 Å². The molecule has 0 spiro atoms. The van der Waals surface area contributed by atoms with E-state index >= 15 is 0 Å². The van der Waals surface area contributed by atoms with E-state index in [-0.39, 0.29) is 11.8 Å². The molecule has 0 bridgehead atoms. The lowest BCUT2D eigenvalue weighted by molar-refractivity contribution is -0.118. The van der Waals surface area contributed by atoms with Gasteiger partial charge >= 0.3 is 0 Å². The minimum atomic E-state index is -0.121. The highest BCUT2D eigenvalue weighted by Gasteiger charge is 2.12. The predicted molar refractivity (Wildman–Crippen MR) is 62.5 cm³/mol. The van der Waals surface area contributed by atoms with Crippen LogP contribution in [0.3, 0.4) is 0 Å². The van der Waals surface area contributed by atoms with Gasteiger partial charge in [0, 0.05) is 20.0 Å². The number of hydrogen-bond acceptors (Lipinski definition) is 4. The van der Waals surface area contributed by atoms with Crippen molar-refractivity contribution in [1.82, 2.24) is 15.6 Å². The van der Waals surface area contributed by atoms with Crippen molar-refractivity contribution < 1.29 is 9.59 Å². The second kappa shape index (κ2) is 6.22. The Morgan fingerprint density at radius 2 is 2.06 bits per heavy atom. The Bertz CT molecular complexity index is 376. The molecule has 88 valence electrons. The van der Waals surface area contributed by atoms with Gasteiger partial charge in [-0.3, -0.25) is 9.59 Å². The zero-order valence-corrected chi connectivity index (χ0v) is 10.2. The van der Waals surface area contributed by atoms with Crippen LogP contribution >= 0.6 is 11.3 Å². The van der Waals surface area contributed by atoms with Gasteiger partial charge in [0.15, 0.2) is 0 Å². The number of nitrogens with one attached hydrogen (secondary N) is 2. The molecule has 0 aromatic carbocycles. The van der Waals surface area contributed by atoms with Crippen molar-refractivity contribution in [2.45, 2.75) is 20.3 Å². The normalized spacial score (nSPS) is 9.88. The maximum atomic E-state index is 11.7. The molecule has 16 heavy (non-hydrogen) atoms. The Hall–Kier alpha value is -1.43. The van der Waals surface area contributed by atoms with Crippen LogP contribution in [0.1, 0.15) is 29.2 Å². The quantitative estimate of drug-likeness (QED) is 0.740. The summed E-state index contributed by atoms with van der Waals surface area (Å²) in [6, 6.07) is 0. The summed E-state index contributed by atoms with van der Waals surface area (Å²) in [5.41, 5.74) is 2.49. The lowest BCUT2D eigenvalue weighted by Crippen LogP contribution is -2.33. The van der Waals surface area contributed by atoms with Crippen molar-refractivity contribution in [1.29, 1.82) is 0 Å². The Morgan fingerprint density at radius 1 is 1.38 bits per heavy atom. The van der Waals surface area contributed by atoms with E-state index in [4.69, 9.17) is 0 Å². The van der Waals surface area contributed by atoms with Gasteiger partial charge in [0.25, 0.3) is 5.91 Å². The van der Waals surface area contributed by atoms with Crippen molar-refractivity contribution >= 4 is 23.2 Å². The monoisotopic (exact) mass is 241 g/mol. The summed E-state index contributed by atoms with van der Waals surface area (Å²) < 4.78 is 0. The van der Waals surface area contributed by atoms with Gasteiger partial charge in [-0.2, -0.15) is 0 Å². The maximum Gasteiger partial charge on any atom is 0.263 e. The van der Waals surface area contributed by atoms with Gasteiger partial charge in [-0.1, -0.05) is 6.92 Å². The maximum absolute atomic E-state index is 11.7. The number of thiazole rings is 1. The molecule has 0 aliphatic heterocycles. The third-order valence-electron chi connectivity index (χ3n) is 1.97. The molecule has 0 unspecified atom stereocenters. The molecule has 6 heteroatoms. The van der Waals surface area contributed by atoms with E-state index in [2.05, 4.69) is 15.6 Å². The first-order valence-electron chi connectivity index (χ1n) is 5.10. The molecule has 5 nitrogen and oxygen atoms in total. The van der Waals surface area contributed by atoms with Crippen LogP contribution in [0.4, 0.5) is 0 Å². The summed E-state index contributed by atoms with van der Waals surface area (Å²) in [4.78, 5) is 27.0. The van der Waals surface area contributed by atoms with Gasteiger partial charge in [0.05, 0.1) is 11.2 Å². The van der Waals surface area contributed by atoms with Crippen LogP contribution in [0.15, 0.2) is 5.51 Å². The fourth-order valence-electron chi connectivity index (χ4n) is 1.20. The molecule has 0 fully saturated rings. The number of nitrogens with zero attached hydrogens (tertiary/aromatic N) is 1.